The minimum absolute atomic E-state index is 0.177. The quantitative estimate of drug-likeness (QED) is 0.807. The number of aromatic nitrogens is 1. The van der Waals surface area contributed by atoms with Gasteiger partial charge in [0, 0.05) is 42.8 Å². The minimum atomic E-state index is -0.177. The molecule has 0 radical (unpaired) electrons. The Morgan fingerprint density at radius 1 is 1.35 bits per heavy atom. The fourth-order valence-corrected chi connectivity index (χ4v) is 4.13. The summed E-state index contributed by atoms with van der Waals surface area (Å²) in [6.07, 6.45) is 6.20. The third-order valence-electron chi connectivity index (χ3n) is 4.88. The van der Waals surface area contributed by atoms with Crippen LogP contribution < -0.4 is 10.2 Å². The Morgan fingerprint density at radius 3 is 2.92 bits per heavy atom. The van der Waals surface area contributed by atoms with Crippen LogP contribution in [0.1, 0.15) is 30.8 Å². The first-order valence-corrected chi connectivity index (χ1v) is 10.2. The van der Waals surface area contributed by atoms with Gasteiger partial charge in [-0.3, -0.25) is 4.79 Å². The van der Waals surface area contributed by atoms with Crippen LogP contribution in [0.3, 0.4) is 0 Å². The van der Waals surface area contributed by atoms with E-state index in [9.17, 15) is 4.79 Å². The van der Waals surface area contributed by atoms with Crippen LogP contribution in [0.15, 0.2) is 41.0 Å². The van der Waals surface area contributed by atoms with E-state index in [0.29, 0.717) is 17.6 Å². The summed E-state index contributed by atoms with van der Waals surface area (Å²) < 4.78 is 5.81. The highest BCUT2D eigenvalue weighted by atomic mass is 32.2. The molecule has 2 fully saturated rings. The van der Waals surface area contributed by atoms with Gasteiger partial charge in [0.25, 0.3) is 0 Å². The molecule has 2 aromatic heterocycles. The summed E-state index contributed by atoms with van der Waals surface area (Å²) in [5, 5.41) is 2.95. The topological polar surface area (TPSA) is 58.4 Å². The number of hydrogen-bond acceptors (Lipinski definition) is 5. The molecule has 2 aromatic rings. The van der Waals surface area contributed by atoms with Gasteiger partial charge in [-0.1, -0.05) is 6.92 Å². The smallest absolute Gasteiger partial charge is 0.248 e. The second-order valence-electron chi connectivity index (χ2n) is 6.86. The Morgan fingerprint density at radius 2 is 2.15 bits per heavy atom. The number of amides is 1. The van der Waals surface area contributed by atoms with Crippen molar-refractivity contribution in [2.24, 2.45) is 5.92 Å². The van der Waals surface area contributed by atoms with E-state index in [-0.39, 0.29) is 5.91 Å². The largest absolute Gasteiger partial charge is 0.461 e. The Labute approximate surface area is 157 Å². The zero-order valence-electron chi connectivity index (χ0n) is 14.9. The van der Waals surface area contributed by atoms with Gasteiger partial charge in [0.05, 0.1) is 5.69 Å². The lowest BCUT2D eigenvalue weighted by Crippen LogP contribution is -2.33. The average molecular weight is 369 g/mol. The molecule has 5 nitrogen and oxygen atoms in total. The number of furan rings is 1. The predicted octanol–water partition coefficient (Wildman–Crippen LogP) is 4.00. The van der Waals surface area contributed by atoms with Gasteiger partial charge in [0.2, 0.25) is 5.91 Å². The third-order valence-corrected chi connectivity index (χ3v) is 5.82. The predicted molar refractivity (Wildman–Crippen MR) is 107 cm³/mol. The molecular formula is C20H23N3O2S. The fourth-order valence-electron chi connectivity index (χ4n) is 3.23. The molecule has 1 N–H and O–H groups in total. The Hall–Kier alpha value is -2.21. The molecule has 1 saturated carbocycles. The van der Waals surface area contributed by atoms with Gasteiger partial charge >= 0.3 is 0 Å². The molecule has 2 atom stereocenters. The van der Waals surface area contributed by atoms with E-state index in [1.54, 1.807) is 12.3 Å². The van der Waals surface area contributed by atoms with Gasteiger partial charge in [-0.2, -0.15) is 11.8 Å². The lowest BCUT2D eigenvalue weighted by atomic mass is 10.3. The maximum atomic E-state index is 12.3. The number of hydrogen-bond donors (Lipinski definition) is 1. The van der Waals surface area contributed by atoms with E-state index < -0.39 is 0 Å². The highest BCUT2D eigenvalue weighted by Crippen LogP contribution is 2.47. The molecule has 26 heavy (non-hydrogen) atoms. The van der Waals surface area contributed by atoms with E-state index in [4.69, 9.17) is 4.42 Å². The highest BCUT2D eigenvalue weighted by Gasteiger charge is 2.36. The maximum absolute atomic E-state index is 12.3. The average Bonchev–Trinajstić information content (AvgIpc) is 3.21. The lowest BCUT2D eigenvalue weighted by molar-refractivity contribution is -0.111. The van der Waals surface area contributed by atoms with Crippen LogP contribution >= 0.6 is 11.8 Å². The van der Waals surface area contributed by atoms with Gasteiger partial charge in [-0.15, -0.1) is 0 Å². The molecule has 0 spiro atoms. The zero-order valence-corrected chi connectivity index (χ0v) is 15.7. The first-order valence-electron chi connectivity index (χ1n) is 9.07. The van der Waals surface area contributed by atoms with Crippen molar-refractivity contribution in [1.82, 2.24) is 4.98 Å². The molecule has 1 amide bonds. The molecule has 0 aromatic carbocycles. The van der Waals surface area contributed by atoms with Crippen molar-refractivity contribution >= 4 is 35.3 Å². The molecule has 4 rings (SSSR count). The van der Waals surface area contributed by atoms with E-state index in [2.05, 4.69) is 22.1 Å². The number of nitrogens with zero attached hydrogens (tertiary/aromatic N) is 2. The summed E-state index contributed by atoms with van der Waals surface area (Å²) in [7, 11) is 0. The molecule has 1 aliphatic carbocycles. The molecule has 6 heteroatoms. The summed E-state index contributed by atoms with van der Waals surface area (Å²) in [6, 6.07) is 7.68. The number of anilines is 2. The van der Waals surface area contributed by atoms with Crippen LogP contribution in [0.4, 0.5) is 11.5 Å². The normalized spacial score (nSPS) is 22.6. The van der Waals surface area contributed by atoms with Gasteiger partial charge in [-0.25, -0.2) is 4.98 Å². The third kappa shape index (κ3) is 3.96. The van der Waals surface area contributed by atoms with Gasteiger partial charge < -0.3 is 14.6 Å². The monoisotopic (exact) mass is 369 g/mol. The van der Waals surface area contributed by atoms with Crippen LogP contribution in [0.2, 0.25) is 0 Å². The number of carbonyl (C=O) groups excluding carboxylic acids is 1. The van der Waals surface area contributed by atoms with Crippen molar-refractivity contribution in [2.75, 3.05) is 34.8 Å². The maximum Gasteiger partial charge on any atom is 0.248 e. The van der Waals surface area contributed by atoms with Crippen LogP contribution in [0.5, 0.6) is 0 Å². The SMILES string of the molecule is C[C@@H]1C[C@@H]1c1ccc(/C=C/C(=O)Nc2cccnc2N2CCSCC2)o1. The van der Waals surface area contributed by atoms with Crippen molar-refractivity contribution < 1.29 is 9.21 Å². The molecular weight excluding hydrogens is 346 g/mol. The van der Waals surface area contributed by atoms with E-state index >= 15 is 0 Å². The number of thioether (sulfide) groups is 1. The summed E-state index contributed by atoms with van der Waals surface area (Å²) in [6.45, 7) is 4.13. The van der Waals surface area contributed by atoms with E-state index in [0.717, 1.165) is 41.9 Å². The summed E-state index contributed by atoms with van der Waals surface area (Å²) in [5.74, 6) is 5.84. The number of rotatable bonds is 5. The molecule has 1 aliphatic heterocycles. The minimum Gasteiger partial charge on any atom is -0.461 e. The standard InChI is InChI=1S/C20H23N3O2S/c1-14-13-16(14)18-6-4-15(25-18)5-7-19(24)22-17-3-2-8-21-20(17)23-9-11-26-12-10-23/h2-8,14,16H,9-13H2,1H3,(H,22,24)/b7-5+/t14-,16+/m1/s1. The number of nitrogens with one attached hydrogen (secondary N) is 1. The first kappa shape index (κ1) is 17.2. The Kier molecular flexibility index (Phi) is 5.02. The molecule has 136 valence electrons. The lowest BCUT2D eigenvalue weighted by Gasteiger charge is -2.28. The molecule has 1 saturated heterocycles. The second kappa shape index (κ2) is 7.58. The first-order chi connectivity index (χ1) is 12.7. The molecule has 2 aliphatic rings. The van der Waals surface area contributed by atoms with E-state index in [1.807, 2.05) is 36.0 Å². The van der Waals surface area contributed by atoms with Crippen LogP contribution in [-0.2, 0) is 4.79 Å². The second-order valence-corrected chi connectivity index (χ2v) is 8.08. The number of pyridine rings is 1. The van der Waals surface area contributed by atoms with Crippen molar-refractivity contribution in [3.8, 4) is 0 Å². The number of carbonyl (C=O) groups is 1. The fraction of sp³-hybridized carbons (Fsp3) is 0.400. The van der Waals surface area contributed by atoms with Crippen LogP contribution in [-0.4, -0.2) is 35.5 Å². The van der Waals surface area contributed by atoms with Gasteiger partial charge in [0.1, 0.15) is 11.5 Å². The van der Waals surface area contributed by atoms with Gasteiger partial charge in [-0.05, 0) is 42.7 Å². The van der Waals surface area contributed by atoms with Gasteiger partial charge in [0.15, 0.2) is 5.82 Å². The van der Waals surface area contributed by atoms with E-state index in [1.165, 1.54) is 12.5 Å². The Bertz CT molecular complexity index is 811. The molecule has 0 unspecified atom stereocenters. The highest BCUT2D eigenvalue weighted by molar-refractivity contribution is 7.99. The summed E-state index contributed by atoms with van der Waals surface area (Å²) >= 11 is 1.95. The van der Waals surface area contributed by atoms with Crippen molar-refractivity contribution in [1.29, 1.82) is 0 Å². The van der Waals surface area contributed by atoms with Crippen molar-refractivity contribution in [2.45, 2.75) is 19.3 Å². The Balaban J connectivity index is 1.41. The zero-order chi connectivity index (χ0) is 17.9. The van der Waals surface area contributed by atoms with Crippen LogP contribution in [0, 0.1) is 5.92 Å². The van der Waals surface area contributed by atoms with Crippen LogP contribution in [0.25, 0.3) is 6.08 Å². The summed E-state index contributed by atoms with van der Waals surface area (Å²) in [5.41, 5.74) is 0.751. The summed E-state index contributed by atoms with van der Waals surface area (Å²) in [4.78, 5) is 19.0. The van der Waals surface area contributed by atoms with Crippen molar-refractivity contribution in [3.63, 3.8) is 0 Å². The van der Waals surface area contributed by atoms with Crippen molar-refractivity contribution in [3.05, 3.63) is 48.1 Å². The molecule has 0 bridgehead atoms. The molecule has 3 heterocycles.